The zero-order valence-electron chi connectivity index (χ0n) is 9.18. The van der Waals surface area contributed by atoms with Crippen LogP contribution in [0.1, 0.15) is 11.1 Å². The molecule has 2 nitrogen and oxygen atoms in total. The number of phenolic OH excluding ortho intramolecular Hbond substituents is 1. The first-order chi connectivity index (χ1) is 7.79. The molecule has 2 heteroatoms. The Labute approximate surface area is 95.1 Å². The van der Waals surface area contributed by atoms with Crippen LogP contribution in [0.5, 0.6) is 11.5 Å². The van der Waals surface area contributed by atoms with Crippen molar-refractivity contribution in [1.82, 2.24) is 0 Å². The number of ether oxygens (including phenoxy) is 1. The molecule has 0 unspecified atom stereocenters. The van der Waals surface area contributed by atoms with Crippen molar-refractivity contribution in [3.8, 4) is 11.5 Å². The third-order valence-electron chi connectivity index (χ3n) is 2.52. The molecule has 0 atom stereocenters. The van der Waals surface area contributed by atoms with E-state index in [0.29, 0.717) is 5.75 Å². The van der Waals surface area contributed by atoms with Gasteiger partial charge < -0.3 is 9.84 Å². The van der Waals surface area contributed by atoms with Gasteiger partial charge in [-0.2, -0.15) is 0 Å². The lowest BCUT2D eigenvalue weighted by Gasteiger charge is -2.08. The Hall–Kier alpha value is -1.96. The molecule has 0 aliphatic rings. The van der Waals surface area contributed by atoms with E-state index in [1.807, 2.05) is 36.4 Å². The van der Waals surface area contributed by atoms with Gasteiger partial charge in [0, 0.05) is 6.42 Å². The maximum atomic E-state index is 9.20. The van der Waals surface area contributed by atoms with Gasteiger partial charge in [-0.1, -0.05) is 30.3 Å². The number of hydrogen-bond acceptors (Lipinski definition) is 2. The molecule has 0 saturated heterocycles. The Kier molecular flexibility index (Phi) is 3.10. The Balaban J connectivity index is 2.23. The summed E-state index contributed by atoms with van der Waals surface area (Å²) in [4.78, 5) is 0. The van der Waals surface area contributed by atoms with Gasteiger partial charge in [0.05, 0.1) is 7.11 Å². The van der Waals surface area contributed by atoms with Crippen LogP contribution in [-0.4, -0.2) is 12.2 Å². The van der Waals surface area contributed by atoms with Crippen LogP contribution < -0.4 is 4.74 Å². The second kappa shape index (κ2) is 4.71. The molecule has 0 aromatic heterocycles. The standard InChI is InChI=1S/C14H14O2/c1-16-14-5-3-2-4-12(14)10-11-6-8-13(15)9-7-11/h2-9,15H,10H2,1H3. The Morgan fingerprint density at radius 1 is 1.00 bits per heavy atom. The second-order valence-electron chi connectivity index (χ2n) is 3.66. The maximum absolute atomic E-state index is 9.20. The van der Waals surface area contributed by atoms with Gasteiger partial charge in [0.1, 0.15) is 11.5 Å². The number of methoxy groups -OCH3 is 1. The molecule has 0 fully saturated rings. The highest BCUT2D eigenvalue weighted by molar-refractivity contribution is 5.38. The average Bonchev–Trinajstić information content (AvgIpc) is 2.33. The van der Waals surface area contributed by atoms with E-state index < -0.39 is 0 Å². The third kappa shape index (κ3) is 2.34. The predicted octanol–water partition coefficient (Wildman–Crippen LogP) is 2.99. The molecule has 0 heterocycles. The van der Waals surface area contributed by atoms with Crippen molar-refractivity contribution in [2.45, 2.75) is 6.42 Å². The molecule has 0 aliphatic carbocycles. The van der Waals surface area contributed by atoms with Crippen LogP contribution in [0.15, 0.2) is 48.5 Å². The van der Waals surface area contributed by atoms with Crippen molar-refractivity contribution in [1.29, 1.82) is 0 Å². The van der Waals surface area contributed by atoms with Crippen LogP contribution in [-0.2, 0) is 6.42 Å². The SMILES string of the molecule is COc1ccccc1Cc1ccc(O)cc1. The van der Waals surface area contributed by atoms with Crippen LogP contribution in [0.3, 0.4) is 0 Å². The molecule has 0 bridgehead atoms. The first kappa shape index (κ1) is 10.6. The number of aromatic hydroxyl groups is 1. The van der Waals surface area contributed by atoms with E-state index in [9.17, 15) is 5.11 Å². The molecule has 1 N–H and O–H groups in total. The van der Waals surface area contributed by atoms with Gasteiger partial charge in [-0.05, 0) is 29.3 Å². The predicted molar refractivity (Wildman–Crippen MR) is 63.9 cm³/mol. The Morgan fingerprint density at radius 2 is 1.69 bits per heavy atom. The fourth-order valence-corrected chi connectivity index (χ4v) is 1.68. The van der Waals surface area contributed by atoms with Gasteiger partial charge in [-0.25, -0.2) is 0 Å². The van der Waals surface area contributed by atoms with Crippen molar-refractivity contribution in [2.24, 2.45) is 0 Å². The summed E-state index contributed by atoms with van der Waals surface area (Å²) in [6.07, 6.45) is 0.810. The Bertz CT molecular complexity index is 460. The lowest BCUT2D eigenvalue weighted by molar-refractivity contribution is 0.410. The molecule has 0 amide bonds. The molecule has 82 valence electrons. The summed E-state index contributed by atoms with van der Waals surface area (Å²) < 4.78 is 5.29. The van der Waals surface area contributed by atoms with Crippen molar-refractivity contribution >= 4 is 0 Å². The molecular formula is C14H14O2. The molecule has 16 heavy (non-hydrogen) atoms. The average molecular weight is 214 g/mol. The van der Waals surface area contributed by atoms with Gasteiger partial charge in [-0.3, -0.25) is 0 Å². The lowest BCUT2D eigenvalue weighted by Crippen LogP contribution is -1.93. The summed E-state index contributed by atoms with van der Waals surface area (Å²) in [6.45, 7) is 0. The van der Waals surface area contributed by atoms with E-state index in [0.717, 1.165) is 23.3 Å². The van der Waals surface area contributed by atoms with Gasteiger partial charge in [0.15, 0.2) is 0 Å². The van der Waals surface area contributed by atoms with Crippen molar-refractivity contribution < 1.29 is 9.84 Å². The normalized spacial score (nSPS) is 10.1. The fraction of sp³-hybridized carbons (Fsp3) is 0.143. The highest BCUT2D eigenvalue weighted by Gasteiger charge is 2.02. The van der Waals surface area contributed by atoms with Crippen molar-refractivity contribution in [3.63, 3.8) is 0 Å². The van der Waals surface area contributed by atoms with Gasteiger partial charge in [-0.15, -0.1) is 0 Å². The zero-order valence-corrected chi connectivity index (χ0v) is 9.18. The van der Waals surface area contributed by atoms with Crippen LogP contribution in [0.4, 0.5) is 0 Å². The lowest BCUT2D eigenvalue weighted by atomic mass is 10.0. The van der Waals surface area contributed by atoms with E-state index in [-0.39, 0.29) is 0 Å². The van der Waals surface area contributed by atoms with Crippen molar-refractivity contribution in [3.05, 3.63) is 59.7 Å². The summed E-state index contributed by atoms with van der Waals surface area (Å²) >= 11 is 0. The van der Waals surface area contributed by atoms with E-state index in [1.54, 1.807) is 19.2 Å². The molecule has 0 saturated carbocycles. The summed E-state index contributed by atoms with van der Waals surface area (Å²) in [5.41, 5.74) is 2.30. The van der Waals surface area contributed by atoms with E-state index in [2.05, 4.69) is 0 Å². The van der Waals surface area contributed by atoms with E-state index >= 15 is 0 Å². The van der Waals surface area contributed by atoms with Gasteiger partial charge in [0.25, 0.3) is 0 Å². The minimum atomic E-state index is 0.295. The summed E-state index contributed by atoms with van der Waals surface area (Å²) in [5.74, 6) is 1.19. The number of phenols is 1. The number of hydrogen-bond donors (Lipinski definition) is 1. The zero-order chi connectivity index (χ0) is 11.4. The Morgan fingerprint density at radius 3 is 2.38 bits per heavy atom. The fourth-order valence-electron chi connectivity index (χ4n) is 1.68. The molecule has 0 radical (unpaired) electrons. The summed E-state index contributed by atoms with van der Waals surface area (Å²) in [5, 5.41) is 9.20. The second-order valence-corrected chi connectivity index (χ2v) is 3.66. The number of para-hydroxylation sites is 1. The molecule has 2 aromatic rings. The minimum absolute atomic E-state index is 0.295. The largest absolute Gasteiger partial charge is 0.508 e. The molecule has 2 aromatic carbocycles. The van der Waals surface area contributed by atoms with Gasteiger partial charge in [0.2, 0.25) is 0 Å². The number of rotatable bonds is 3. The van der Waals surface area contributed by atoms with Crippen molar-refractivity contribution in [2.75, 3.05) is 7.11 Å². The quantitative estimate of drug-likeness (QED) is 0.851. The first-order valence-electron chi connectivity index (χ1n) is 5.19. The first-order valence-corrected chi connectivity index (χ1v) is 5.19. The third-order valence-corrected chi connectivity index (χ3v) is 2.52. The molecule has 0 spiro atoms. The van der Waals surface area contributed by atoms with E-state index in [4.69, 9.17) is 4.74 Å². The van der Waals surface area contributed by atoms with Gasteiger partial charge >= 0.3 is 0 Å². The molecular weight excluding hydrogens is 200 g/mol. The van der Waals surface area contributed by atoms with Crippen LogP contribution in [0.25, 0.3) is 0 Å². The minimum Gasteiger partial charge on any atom is -0.508 e. The smallest absolute Gasteiger partial charge is 0.122 e. The van der Waals surface area contributed by atoms with E-state index in [1.165, 1.54) is 0 Å². The monoisotopic (exact) mass is 214 g/mol. The number of benzene rings is 2. The highest BCUT2D eigenvalue weighted by atomic mass is 16.5. The highest BCUT2D eigenvalue weighted by Crippen LogP contribution is 2.21. The maximum Gasteiger partial charge on any atom is 0.122 e. The summed E-state index contributed by atoms with van der Waals surface area (Å²) in [7, 11) is 1.68. The topological polar surface area (TPSA) is 29.5 Å². The van der Waals surface area contributed by atoms with Crippen LogP contribution >= 0.6 is 0 Å². The summed E-state index contributed by atoms with van der Waals surface area (Å²) in [6, 6.07) is 15.2. The molecule has 2 rings (SSSR count). The molecule has 0 aliphatic heterocycles. The van der Waals surface area contributed by atoms with Crippen LogP contribution in [0, 0.1) is 0 Å². The van der Waals surface area contributed by atoms with Crippen LogP contribution in [0.2, 0.25) is 0 Å².